The third-order valence-electron chi connectivity index (χ3n) is 13.8. The summed E-state index contributed by atoms with van der Waals surface area (Å²) in [5.74, 6) is 1.10. The van der Waals surface area contributed by atoms with E-state index in [0.29, 0.717) is 49.0 Å². The molecule has 0 saturated carbocycles. The lowest BCUT2D eigenvalue weighted by atomic mass is 9.88. The lowest BCUT2D eigenvalue weighted by Crippen LogP contribution is -2.58. The van der Waals surface area contributed by atoms with Crippen molar-refractivity contribution in [1.82, 2.24) is 25.0 Å². The molecule has 3 aromatic carbocycles. The van der Waals surface area contributed by atoms with Crippen molar-refractivity contribution >= 4 is 40.0 Å². The SMILES string of the molecule is COc1cc(N2CCC(CN3CCN4c5cc6c(cc5OCC4C3)C(=O)N([C@@H]3CCC(=O)NC3=O)C6)CC2)ccc1[C@@H]1c2[nH]c3ccccc3c2C[C@@H](C)N1CC(F)F. The number of para-hydroxylation sites is 1. The highest BCUT2D eigenvalue weighted by atomic mass is 19.3. The quantitative estimate of drug-likeness (QED) is 0.228. The largest absolute Gasteiger partial charge is 0.496 e. The van der Waals surface area contributed by atoms with Crippen LogP contribution >= 0.6 is 0 Å². The Morgan fingerprint density at radius 1 is 0.966 bits per heavy atom. The van der Waals surface area contributed by atoms with Crippen LogP contribution in [0.1, 0.15) is 71.4 Å². The van der Waals surface area contributed by atoms with E-state index in [1.54, 1.807) is 12.0 Å². The van der Waals surface area contributed by atoms with Crippen molar-refractivity contribution in [3.63, 3.8) is 0 Å². The van der Waals surface area contributed by atoms with Crippen LogP contribution in [0, 0.1) is 5.92 Å². The number of fused-ring (bicyclic) bond motifs is 7. The second-order valence-corrected chi connectivity index (χ2v) is 17.3. The number of carbonyl (C=O) groups excluding carboxylic acids is 3. The minimum Gasteiger partial charge on any atom is -0.496 e. The number of anilines is 2. The predicted octanol–water partition coefficient (Wildman–Crippen LogP) is 5.34. The van der Waals surface area contributed by atoms with E-state index in [-0.39, 0.29) is 42.9 Å². The average Bonchev–Trinajstić information content (AvgIpc) is 3.76. The van der Waals surface area contributed by atoms with E-state index in [4.69, 9.17) is 9.47 Å². The molecular weight excluding hydrogens is 757 g/mol. The molecule has 4 aromatic rings. The fourth-order valence-electron chi connectivity index (χ4n) is 10.8. The van der Waals surface area contributed by atoms with Crippen molar-refractivity contribution in [2.75, 3.05) is 69.3 Å². The number of nitrogens with zero attached hydrogens (tertiary/aromatic N) is 5. The smallest absolute Gasteiger partial charge is 0.255 e. The van der Waals surface area contributed by atoms with Gasteiger partial charge in [0.25, 0.3) is 12.3 Å². The fraction of sp³-hybridized carbons (Fsp3) is 0.489. The number of aromatic amines is 1. The van der Waals surface area contributed by atoms with Gasteiger partial charge in [0, 0.05) is 97.8 Å². The Morgan fingerprint density at radius 3 is 2.59 bits per heavy atom. The van der Waals surface area contributed by atoms with Crippen molar-refractivity contribution in [2.24, 2.45) is 5.92 Å². The fourth-order valence-corrected chi connectivity index (χ4v) is 10.8. The number of halogens is 2. The third kappa shape index (κ3) is 6.77. The second kappa shape index (κ2) is 15.1. The zero-order valence-corrected chi connectivity index (χ0v) is 33.6. The molecule has 1 aromatic heterocycles. The number of nitrogens with one attached hydrogen (secondary N) is 2. The van der Waals surface area contributed by atoms with Crippen molar-refractivity contribution in [3.8, 4) is 11.5 Å². The number of methoxy groups -OCH3 is 1. The van der Waals surface area contributed by atoms with Crippen molar-refractivity contribution in [1.29, 1.82) is 0 Å². The molecule has 2 N–H and O–H groups in total. The molecule has 0 bridgehead atoms. The second-order valence-electron chi connectivity index (χ2n) is 17.3. The highest BCUT2D eigenvalue weighted by Gasteiger charge is 2.42. The van der Waals surface area contributed by atoms with Gasteiger partial charge in [-0.3, -0.25) is 29.5 Å². The first-order valence-corrected chi connectivity index (χ1v) is 21.1. The van der Waals surface area contributed by atoms with Gasteiger partial charge in [0.15, 0.2) is 0 Å². The molecule has 10 rings (SSSR count). The first-order valence-electron chi connectivity index (χ1n) is 21.1. The molecule has 3 amide bonds. The van der Waals surface area contributed by atoms with Crippen molar-refractivity contribution in [2.45, 2.75) is 76.2 Å². The molecule has 0 spiro atoms. The summed E-state index contributed by atoms with van der Waals surface area (Å²) in [5, 5.41) is 3.53. The van der Waals surface area contributed by atoms with E-state index in [1.807, 2.05) is 30.0 Å². The Bertz CT molecular complexity index is 2310. The number of ether oxygens (including phenoxy) is 2. The summed E-state index contributed by atoms with van der Waals surface area (Å²) < 4.78 is 40.5. The molecule has 1 unspecified atom stereocenters. The summed E-state index contributed by atoms with van der Waals surface area (Å²) in [6.45, 7) is 8.21. The molecule has 0 radical (unpaired) electrons. The van der Waals surface area contributed by atoms with Gasteiger partial charge in [-0.25, -0.2) is 8.78 Å². The number of hydrogen-bond acceptors (Lipinski definition) is 9. The zero-order chi connectivity index (χ0) is 40.5. The summed E-state index contributed by atoms with van der Waals surface area (Å²) in [4.78, 5) is 52.2. The molecule has 4 atom stereocenters. The van der Waals surface area contributed by atoms with Gasteiger partial charge >= 0.3 is 0 Å². The third-order valence-corrected chi connectivity index (χ3v) is 13.8. The summed E-state index contributed by atoms with van der Waals surface area (Å²) in [6.07, 6.45) is 0.953. The zero-order valence-electron chi connectivity index (χ0n) is 33.6. The first kappa shape index (κ1) is 38.0. The standard InChI is InChI=1S/C45H51F2N7O5/c1-26-17-34-31-5-3-4-6-35(31)48-42(34)43(53(26)24-40(46)47)32-8-7-29(19-38(32)58-2)51-13-11-27(12-14-51)21-50-15-16-52-30(23-50)25-59-39-20-33-28(18-37(39)52)22-54(45(33)57)36-9-10-41(55)49-44(36)56/h3-8,18-20,26-27,30,36,40,43,48H,9-17,21-25H2,1-2H3,(H,49,55,56)/t26-,30?,36-,43-/m1/s1. The van der Waals surface area contributed by atoms with Crippen LogP contribution in [0.15, 0.2) is 54.6 Å². The molecule has 6 aliphatic rings. The molecule has 14 heteroatoms. The number of hydrogen-bond donors (Lipinski definition) is 2. The van der Waals surface area contributed by atoms with Gasteiger partial charge in [-0.05, 0) is 73.9 Å². The lowest BCUT2D eigenvalue weighted by molar-refractivity contribution is -0.136. The molecule has 59 heavy (non-hydrogen) atoms. The number of piperazine rings is 1. The maximum atomic E-state index is 14.1. The van der Waals surface area contributed by atoms with Gasteiger partial charge < -0.3 is 29.2 Å². The lowest BCUT2D eigenvalue weighted by Gasteiger charge is -2.47. The summed E-state index contributed by atoms with van der Waals surface area (Å²) in [5.41, 5.74) is 7.65. The van der Waals surface area contributed by atoms with E-state index in [0.717, 1.165) is 91.2 Å². The number of benzene rings is 3. The number of H-pyrrole nitrogens is 1. The molecular formula is C45H51F2N7O5. The van der Waals surface area contributed by atoms with Crippen LogP contribution in [0.25, 0.3) is 10.9 Å². The van der Waals surface area contributed by atoms with E-state index in [2.05, 4.69) is 61.4 Å². The number of alkyl halides is 2. The van der Waals surface area contributed by atoms with Gasteiger partial charge in [-0.15, -0.1) is 0 Å². The number of rotatable bonds is 8. The first-order chi connectivity index (χ1) is 28.6. The van der Waals surface area contributed by atoms with Crippen LogP contribution in [-0.2, 0) is 22.6 Å². The highest BCUT2D eigenvalue weighted by Crippen LogP contribution is 2.45. The molecule has 0 aliphatic carbocycles. The van der Waals surface area contributed by atoms with E-state index < -0.39 is 18.4 Å². The molecule has 3 fully saturated rings. The van der Waals surface area contributed by atoms with Crippen LogP contribution < -0.4 is 24.6 Å². The minimum atomic E-state index is -2.45. The Kier molecular flexibility index (Phi) is 9.74. The Balaban J connectivity index is 0.783. The van der Waals surface area contributed by atoms with Gasteiger partial charge in [0.1, 0.15) is 24.1 Å². The monoisotopic (exact) mass is 807 g/mol. The Labute approximate surface area is 342 Å². The van der Waals surface area contributed by atoms with Crippen LogP contribution in [0.3, 0.4) is 0 Å². The van der Waals surface area contributed by atoms with E-state index in [1.165, 1.54) is 5.56 Å². The Morgan fingerprint density at radius 2 is 1.80 bits per heavy atom. The van der Waals surface area contributed by atoms with Gasteiger partial charge in [0.2, 0.25) is 11.8 Å². The average molecular weight is 808 g/mol. The molecule has 310 valence electrons. The molecule has 3 saturated heterocycles. The van der Waals surface area contributed by atoms with E-state index in [9.17, 15) is 23.2 Å². The van der Waals surface area contributed by atoms with Gasteiger partial charge in [0.05, 0.1) is 31.4 Å². The van der Waals surface area contributed by atoms with Crippen molar-refractivity contribution < 1.29 is 32.6 Å². The highest BCUT2D eigenvalue weighted by molar-refractivity contribution is 6.06. The maximum absolute atomic E-state index is 14.1. The maximum Gasteiger partial charge on any atom is 0.255 e. The van der Waals surface area contributed by atoms with Crippen LogP contribution in [0.2, 0.25) is 0 Å². The normalized spacial score (nSPS) is 25.2. The van der Waals surface area contributed by atoms with Crippen LogP contribution in [-0.4, -0.2) is 121 Å². The summed E-state index contributed by atoms with van der Waals surface area (Å²) >= 11 is 0. The minimum absolute atomic E-state index is 0.0684. The topological polar surface area (TPSA) is 114 Å². The molecule has 6 aliphatic heterocycles. The number of piperidine rings is 2. The number of amides is 3. The molecule has 12 nitrogen and oxygen atoms in total. The summed E-state index contributed by atoms with van der Waals surface area (Å²) in [7, 11) is 1.67. The van der Waals surface area contributed by atoms with Gasteiger partial charge in [-0.1, -0.05) is 24.3 Å². The van der Waals surface area contributed by atoms with Crippen LogP contribution in [0.5, 0.6) is 11.5 Å². The van der Waals surface area contributed by atoms with E-state index >= 15 is 0 Å². The summed E-state index contributed by atoms with van der Waals surface area (Å²) in [6, 6.07) is 17.5. The number of imide groups is 1. The predicted molar refractivity (Wildman–Crippen MR) is 220 cm³/mol. The van der Waals surface area contributed by atoms with Crippen molar-refractivity contribution in [3.05, 3.63) is 82.5 Å². The van der Waals surface area contributed by atoms with Crippen LogP contribution in [0.4, 0.5) is 20.2 Å². The number of carbonyl (C=O) groups is 3. The molecule has 7 heterocycles. The van der Waals surface area contributed by atoms with Gasteiger partial charge in [-0.2, -0.15) is 0 Å². The number of aromatic nitrogens is 1. The Hall–Kier alpha value is -5.21.